The van der Waals surface area contributed by atoms with Crippen molar-refractivity contribution in [2.24, 2.45) is 5.73 Å². The van der Waals surface area contributed by atoms with Crippen LogP contribution in [0, 0.1) is 0 Å². The number of nitrogens with zero attached hydrogens (tertiary/aromatic N) is 7. The maximum atomic E-state index is 14.2. The lowest BCUT2D eigenvalue weighted by Crippen LogP contribution is -2.38. The van der Waals surface area contributed by atoms with Gasteiger partial charge in [0.2, 0.25) is 11.9 Å². The molecule has 2 saturated heterocycles. The molecule has 36 heavy (non-hydrogen) atoms. The Morgan fingerprint density at radius 3 is 2.67 bits per heavy atom. The molecule has 4 heterocycles. The number of carbonyl (C=O) groups is 1. The highest BCUT2D eigenvalue weighted by atomic mass is 19.3. The number of primary amides is 1. The first-order valence-corrected chi connectivity index (χ1v) is 11.5. The van der Waals surface area contributed by atoms with E-state index in [1.165, 1.54) is 11.7 Å². The second-order valence-corrected chi connectivity index (χ2v) is 8.39. The second kappa shape index (κ2) is 10.1. The Kier molecular flexibility index (Phi) is 6.78. The summed E-state index contributed by atoms with van der Waals surface area (Å²) >= 11 is 0. The number of fused-ring (bicyclic) bond motifs is 1. The number of nitrogens with two attached hydrogens (primary N) is 1. The third-order valence-corrected chi connectivity index (χ3v) is 6.25. The molecular weight excluding hydrogens is 478 g/mol. The van der Waals surface area contributed by atoms with Crippen LogP contribution in [-0.2, 0) is 9.47 Å². The number of halogens is 2. The first-order valence-electron chi connectivity index (χ1n) is 11.5. The number of ether oxygens (including phenoxy) is 3. The number of anilines is 1. The second-order valence-electron chi connectivity index (χ2n) is 8.39. The van der Waals surface area contributed by atoms with Crippen molar-refractivity contribution < 1.29 is 27.8 Å². The average Bonchev–Trinajstić information content (AvgIpc) is 3.52. The number of morpholine rings is 1. The van der Waals surface area contributed by atoms with Gasteiger partial charge in [-0.25, -0.2) is 18.6 Å². The van der Waals surface area contributed by atoms with Gasteiger partial charge in [0.1, 0.15) is 18.0 Å². The summed E-state index contributed by atoms with van der Waals surface area (Å²) in [5.41, 5.74) is 5.81. The fourth-order valence-corrected chi connectivity index (χ4v) is 4.56. The van der Waals surface area contributed by atoms with Crippen molar-refractivity contribution in [1.29, 1.82) is 0 Å². The smallest absolute Gasteiger partial charge is 0.405 e. The number of alkyl halides is 2. The van der Waals surface area contributed by atoms with Crippen LogP contribution < -0.4 is 15.4 Å². The maximum absolute atomic E-state index is 14.2. The normalized spacial score (nSPS) is 18.8. The number of methoxy groups -OCH3 is 1. The highest BCUT2D eigenvalue weighted by Crippen LogP contribution is 2.34. The molecule has 2 N–H and O–H groups in total. The molecule has 14 heteroatoms. The molecule has 2 aliphatic heterocycles. The number of aromatic nitrogens is 5. The molecule has 2 fully saturated rings. The van der Waals surface area contributed by atoms with Gasteiger partial charge in [-0.15, -0.1) is 0 Å². The van der Waals surface area contributed by atoms with Gasteiger partial charge in [0, 0.05) is 19.6 Å². The van der Waals surface area contributed by atoms with E-state index in [1.54, 1.807) is 18.2 Å². The maximum Gasteiger partial charge on any atom is 0.405 e. The third kappa shape index (κ3) is 4.60. The Hall–Kier alpha value is -3.65. The molecule has 1 amide bonds. The zero-order valence-electron chi connectivity index (χ0n) is 19.6. The highest BCUT2D eigenvalue weighted by molar-refractivity contribution is 5.84. The van der Waals surface area contributed by atoms with Gasteiger partial charge >= 0.3 is 6.09 Å². The van der Waals surface area contributed by atoms with Crippen LogP contribution >= 0.6 is 0 Å². The van der Waals surface area contributed by atoms with E-state index >= 15 is 0 Å². The van der Waals surface area contributed by atoms with Crippen molar-refractivity contribution in [2.75, 3.05) is 51.6 Å². The van der Waals surface area contributed by atoms with Crippen molar-refractivity contribution in [3.63, 3.8) is 0 Å². The largest absolute Gasteiger partial charge is 0.494 e. The third-order valence-electron chi connectivity index (χ3n) is 6.25. The highest BCUT2D eigenvalue weighted by Gasteiger charge is 2.32. The van der Waals surface area contributed by atoms with E-state index in [9.17, 15) is 13.6 Å². The Bertz CT molecular complexity index is 1250. The van der Waals surface area contributed by atoms with Crippen molar-refractivity contribution in [3.05, 3.63) is 29.8 Å². The fraction of sp³-hybridized carbons (Fsp3) is 0.500. The molecule has 2 aromatic heterocycles. The van der Waals surface area contributed by atoms with E-state index in [2.05, 4.69) is 15.0 Å². The fourth-order valence-electron chi connectivity index (χ4n) is 4.56. The lowest BCUT2D eigenvalue weighted by atomic mass is 10.2. The van der Waals surface area contributed by atoms with Crippen molar-refractivity contribution in [3.8, 4) is 11.7 Å². The van der Waals surface area contributed by atoms with Gasteiger partial charge in [-0.1, -0.05) is 6.07 Å². The van der Waals surface area contributed by atoms with Gasteiger partial charge in [0.15, 0.2) is 11.6 Å². The standard InChI is InChI=1S/C22H26F2N8O4/c1-34-15-6-2-4-13-16(15)26-19(17(23)24)32(13)22-28-18(14-5-3-7-31(14)12-36-20(25)33)27-21(29-22)30-8-10-35-11-9-30/h2,4,6,14,17H,3,5,7-12H2,1H3,(H2,25,33)/t14-/m0/s1. The number of rotatable bonds is 7. The first kappa shape index (κ1) is 24.1. The van der Waals surface area contributed by atoms with Gasteiger partial charge in [-0.3, -0.25) is 9.47 Å². The molecule has 0 radical (unpaired) electrons. The minimum Gasteiger partial charge on any atom is -0.494 e. The van der Waals surface area contributed by atoms with Crippen LogP contribution in [0.2, 0.25) is 0 Å². The van der Waals surface area contributed by atoms with Crippen LogP contribution in [0.3, 0.4) is 0 Å². The summed E-state index contributed by atoms with van der Waals surface area (Å²) in [5.74, 6) is 0.625. The van der Waals surface area contributed by atoms with E-state index in [1.807, 2.05) is 9.80 Å². The Morgan fingerprint density at radius 2 is 1.94 bits per heavy atom. The molecule has 0 unspecified atom stereocenters. The summed E-state index contributed by atoms with van der Waals surface area (Å²) in [6.45, 7) is 2.68. The molecule has 0 spiro atoms. The van der Waals surface area contributed by atoms with Crippen LogP contribution in [0.15, 0.2) is 18.2 Å². The first-order chi connectivity index (χ1) is 17.5. The molecule has 0 aliphatic carbocycles. The average molecular weight is 504 g/mol. The van der Waals surface area contributed by atoms with Crippen LogP contribution in [0.25, 0.3) is 17.0 Å². The summed E-state index contributed by atoms with van der Waals surface area (Å²) < 4.78 is 45.4. The van der Waals surface area contributed by atoms with E-state index in [-0.39, 0.29) is 24.2 Å². The van der Waals surface area contributed by atoms with Crippen molar-refractivity contribution >= 4 is 23.1 Å². The molecular formula is C22H26F2N8O4. The van der Waals surface area contributed by atoms with Crippen LogP contribution in [0.1, 0.15) is 37.0 Å². The molecule has 1 atom stereocenters. The summed E-state index contributed by atoms with van der Waals surface area (Å²) in [4.78, 5) is 33.1. The monoisotopic (exact) mass is 504 g/mol. The molecule has 3 aromatic rings. The molecule has 5 rings (SSSR count). The van der Waals surface area contributed by atoms with Gasteiger partial charge < -0.3 is 24.8 Å². The lowest BCUT2D eigenvalue weighted by Gasteiger charge is -2.28. The number of amides is 1. The topological polar surface area (TPSA) is 134 Å². The van der Waals surface area contributed by atoms with Gasteiger partial charge in [0.05, 0.1) is 31.9 Å². The Balaban J connectivity index is 1.65. The van der Waals surface area contributed by atoms with E-state index in [0.29, 0.717) is 62.3 Å². The van der Waals surface area contributed by atoms with E-state index in [4.69, 9.17) is 24.9 Å². The van der Waals surface area contributed by atoms with E-state index in [0.717, 1.165) is 6.42 Å². The number of carbonyl (C=O) groups excluding carboxylic acids is 1. The van der Waals surface area contributed by atoms with Crippen molar-refractivity contribution in [2.45, 2.75) is 25.3 Å². The quantitative estimate of drug-likeness (QED) is 0.510. The number of para-hydroxylation sites is 1. The number of hydrogen-bond donors (Lipinski definition) is 1. The predicted molar refractivity (Wildman–Crippen MR) is 123 cm³/mol. The van der Waals surface area contributed by atoms with Gasteiger partial charge in [0.25, 0.3) is 6.43 Å². The van der Waals surface area contributed by atoms with Crippen LogP contribution in [-0.4, -0.2) is 82.2 Å². The minimum atomic E-state index is -2.89. The molecule has 1 aromatic carbocycles. The molecule has 12 nitrogen and oxygen atoms in total. The number of hydrogen-bond acceptors (Lipinski definition) is 10. The lowest BCUT2D eigenvalue weighted by molar-refractivity contribution is 0.0650. The van der Waals surface area contributed by atoms with Crippen LogP contribution in [0.4, 0.5) is 19.5 Å². The van der Waals surface area contributed by atoms with Gasteiger partial charge in [-0.05, 0) is 25.0 Å². The SMILES string of the molecule is COc1cccc2c1nc(C(F)F)n2-c1nc([C@@H]2CCCN2COC(N)=O)nc(N2CCOCC2)n1. The van der Waals surface area contributed by atoms with E-state index < -0.39 is 18.3 Å². The zero-order valence-corrected chi connectivity index (χ0v) is 19.6. The minimum absolute atomic E-state index is 0.0233. The van der Waals surface area contributed by atoms with Crippen LogP contribution in [0.5, 0.6) is 5.75 Å². The number of imidazole rings is 1. The summed E-state index contributed by atoms with van der Waals surface area (Å²) in [7, 11) is 1.45. The summed E-state index contributed by atoms with van der Waals surface area (Å²) in [5, 5.41) is 0. The molecule has 0 bridgehead atoms. The van der Waals surface area contributed by atoms with Crippen molar-refractivity contribution in [1.82, 2.24) is 29.4 Å². The predicted octanol–water partition coefficient (Wildman–Crippen LogP) is 2.18. The number of likely N-dealkylation sites (tertiary alicyclic amines) is 1. The molecule has 0 saturated carbocycles. The zero-order chi connectivity index (χ0) is 25.2. The molecule has 2 aliphatic rings. The Labute approximate surface area is 205 Å². The molecule has 192 valence electrons. The Morgan fingerprint density at radius 1 is 1.17 bits per heavy atom. The number of benzene rings is 1. The van der Waals surface area contributed by atoms with Gasteiger partial charge in [-0.2, -0.15) is 15.0 Å². The summed E-state index contributed by atoms with van der Waals surface area (Å²) in [6, 6.07) is 4.70. The summed E-state index contributed by atoms with van der Waals surface area (Å²) in [6.07, 6.45) is -2.27.